The average Bonchev–Trinajstić information content (AvgIpc) is 2.84. The fourth-order valence-corrected chi connectivity index (χ4v) is 4.86. The Kier molecular flexibility index (Phi) is 9.92. The fourth-order valence-electron chi connectivity index (χ4n) is 4.86. The number of ether oxygens (including phenoxy) is 1. The van der Waals surface area contributed by atoms with E-state index < -0.39 is 0 Å². The van der Waals surface area contributed by atoms with Crippen LogP contribution < -0.4 is 0 Å². The van der Waals surface area contributed by atoms with Gasteiger partial charge in [-0.1, -0.05) is 79.9 Å². The van der Waals surface area contributed by atoms with Gasteiger partial charge in [0, 0.05) is 25.0 Å². The summed E-state index contributed by atoms with van der Waals surface area (Å²) >= 11 is 0. The summed E-state index contributed by atoms with van der Waals surface area (Å²) in [6, 6.07) is 20.0. The van der Waals surface area contributed by atoms with Crippen molar-refractivity contribution in [1.82, 2.24) is 9.96 Å². The molecule has 0 heterocycles. The Morgan fingerprint density at radius 3 is 2.21 bits per heavy atom. The molecule has 2 aromatic carbocycles. The summed E-state index contributed by atoms with van der Waals surface area (Å²) in [5.41, 5.74) is 2.08. The quantitative estimate of drug-likeness (QED) is 0.343. The third-order valence-corrected chi connectivity index (χ3v) is 7.05. The van der Waals surface area contributed by atoms with Crippen LogP contribution in [-0.4, -0.2) is 47.3 Å². The monoisotopic (exact) mass is 452 g/mol. The van der Waals surface area contributed by atoms with Crippen LogP contribution in [0.15, 0.2) is 60.7 Å². The Hall–Kier alpha value is -2.21. The molecule has 180 valence electrons. The summed E-state index contributed by atoms with van der Waals surface area (Å²) in [6.07, 6.45) is 6.45. The molecular formula is C28H40N2O3. The highest BCUT2D eigenvalue weighted by Crippen LogP contribution is 2.32. The summed E-state index contributed by atoms with van der Waals surface area (Å²) in [6.45, 7) is 2.55. The minimum absolute atomic E-state index is 0.0421. The molecule has 0 aromatic heterocycles. The highest BCUT2D eigenvalue weighted by Gasteiger charge is 2.30. The lowest BCUT2D eigenvalue weighted by Crippen LogP contribution is -2.39. The van der Waals surface area contributed by atoms with Gasteiger partial charge in [0.2, 0.25) is 0 Å². The molecule has 3 rings (SSSR count). The van der Waals surface area contributed by atoms with Gasteiger partial charge in [0.15, 0.2) is 0 Å². The molecule has 0 amide bonds. The Labute approximate surface area is 199 Å². The van der Waals surface area contributed by atoms with Gasteiger partial charge in [-0.3, -0.25) is 4.79 Å². The molecule has 0 aliphatic heterocycles. The second-order valence-corrected chi connectivity index (χ2v) is 9.61. The van der Waals surface area contributed by atoms with Crippen LogP contribution >= 0.6 is 0 Å². The van der Waals surface area contributed by atoms with Crippen LogP contribution in [0.3, 0.4) is 0 Å². The fraction of sp³-hybridized carbons (Fsp3) is 0.536. The molecule has 0 spiro atoms. The number of nitrogens with zero attached hydrogens (tertiary/aromatic N) is 2. The number of esters is 1. The van der Waals surface area contributed by atoms with Gasteiger partial charge < -0.3 is 14.8 Å². The first kappa shape index (κ1) is 25.4. The lowest BCUT2D eigenvalue weighted by molar-refractivity contribution is -0.163. The smallest absolute Gasteiger partial charge is 0.306 e. The van der Waals surface area contributed by atoms with Crippen molar-refractivity contribution in [1.29, 1.82) is 0 Å². The van der Waals surface area contributed by atoms with Crippen LogP contribution in [0.2, 0.25) is 0 Å². The van der Waals surface area contributed by atoms with Gasteiger partial charge >= 0.3 is 5.97 Å². The van der Waals surface area contributed by atoms with E-state index in [0.717, 1.165) is 24.0 Å². The molecule has 1 unspecified atom stereocenters. The molecule has 1 N–H and O–H groups in total. The highest BCUT2D eigenvalue weighted by molar-refractivity contribution is 5.69. The first-order valence-electron chi connectivity index (χ1n) is 12.4. The Balaban J connectivity index is 1.66. The Morgan fingerprint density at radius 1 is 1.00 bits per heavy atom. The predicted octanol–water partition coefficient (Wildman–Crippen LogP) is 5.84. The van der Waals surface area contributed by atoms with Gasteiger partial charge in [0.05, 0.1) is 0 Å². The van der Waals surface area contributed by atoms with Crippen LogP contribution in [-0.2, 0) is 16.1 Å². The normalized spacial score (nSPS) is 17.6. The molecule has 1 saturated carbocycles. The van der Waals surface area contributed by atoms with Crippen molar-refractivity contribution in [3.63, 3.8) is 0 Å². The lowest BCUT2D eigenvalue weighted by atomic mass is 9.82. The van der Waals surface area contributed by atoms with E-state index in [4.69, 9.17) is 4.74 Å². The molecule has 5 nitrogen and oxygen atoms in total. The van der Waals surface area contributed by atoms with Crippen LogP contribution in [0.1, 0.15) is 69.1 Å². The third kappa shape index (κ3) is 7.66. The molecule has 1 aliphatic rings. The van der Waals surface area contributed by atoms with E-state index in [1.54, 1.807) is 0 Å². The van der Waals surface area contributed by atoms with Crippen molar-refractivity contribution in [2.24, 2.45) is 5.92 Å². The van der Waals surface area contributed by atoms with Crippen molar-refractivity contribution < 1.29 is 14.7 Å². The standard InChI is InChI=1S/C28H40N2O3/c1-22(29(2)3)28(25-17-11-6-12-18-25)33-27(31)20-19-26(24-15-9-5-10-16-24)30(32)21-23-13-7-4-8-14-23/h4,6-8,11-14,17-18,22,24,26,28,32H,5,9-10,15-16,19-21H2,1-3H3/t22-,26?,28-/m1/s1. The van der Waals surface area contributed by atoms with Crippen molar-refractivity contribution in [3.05, 3.63) is 71.8 Å². The zero-order valence-electron chi connectivity index (χ0n) is 20.4. The maximum Gasteiger partial charge on any atom is 0.306 e. The minimum Gasteiger partial charge on any atom is -0.456 e. The minimum atomic E-state index is -0.323. The molecule has 0 saturated heterocycles. The van der Waals surface area contributed by atoms with E-state index in [1.165, 1.54) is 24.3 Å². The summed E-state index contributed by atoms with van der Waals surface area (Å²) in [5, 5.41) is 12.5. The SMILES string of the molecule is C[C@H]([C@@H](OC(=O)CCC(C1CCCCC1)N(O)Cc1ccccc1)c1ccccc1)N(C)C. The molecule has 0 radical (unpaired) electrons. The molecule has 2 aromatic rings. The van der Waals surface area contributed by atoms with Crippen molar-refractivity contribution >= 4 is 5.97 Å². The molecule has 0 bridgehead atoms. The first-order chi connectivity index (χ1) is 16.0. The number of benzene rings is 2. The molecule has 5 heteroatoms. The maximum absolute atomic E-state index is 13.0. The van der Waals surface area contributed by atoms with Gasteiger partial charge in [-0.2, -0.15) is 5.06 Å². The molecule has 1 aliphatic carbocycles. The van der Waals surface area contributed by atoms with Crippen LogP contribution in [0.4, 0.5) is 0 Å². The largest absolute Gasteiger partial charge is 0.456 e. The second kappa shape index (κ2) is 12.9. The van der Waals surface area contributed by atoms with Gasteiger partial charge in [-0.25, -0.2) is 0 Å². The summed E-state index contributed by atoms with van der Waals surface area (Å²) < 4.78 is 6.01. The van der Waals surface area contributed by atoms with Gasteiger partial charge in [-0.05, 0) is 57.3 Å². The highest BCUT2D eigenvalue weighted by atomic mass is 16.5. The molecule has 33 heavy (non-hydrogen) atoms. The van der Waals surface area contributed by atoms with Crippen LogP contribution in [0.25, 0.3) is 0 Å². The lowest BCUT2D eigenvalue weighted by Gasteiger charge is -2.35. The zero-order valence-corrected chi connectivity index (χ0v) is 20.4. The third-order valence-electron chi connectivity index (χ3n) is 7.05. The van der Waals surface area contributed by atoms with E-state index in [0.29, 0.717) is 25.3 Å². The number of likely N-dealkylation sites (N-methyl/N-ethyl adjacent to an activating group) is 1. The Morgan fingerprint density at radius 2 is 1.61 bits per heavy atom. The van der Waals surface area contributed by atoms with E-state index in [1.807, 2.05) is 74.8 Å². The van der Waals surface area contributed by atoms with E-state index in [9.17, 15) is 10.0 Å². The van der Waals surface area contributed by atoms with E-state index in [2.05, 4.69) is 11.8 Å². The van der Waals surface area contributed by atoms with Crippen molar-refractivity contribution in [2.75, 3.05) is 14.1 Å². The van der Waals surface area contributed by atoms with E-state index >= 15 is 0 Å². The van der Waals surface area contributed by atoms with Gasteiger partial charge in [-0.15, -0.1) is 0 Å². The van der Waals surface area contributed by atoms with Crippen LogP contribution in [0, 0.1) is 5.92 Å². The number of hydrogen-bond acceptors (Lipinski definition) is 5. The number of rotatable bonds is 11. The molecule has 1 fully saturated rings. The van der Waals surface area contributed by atoms with Gasteiger partial charge in [0.25, 0.3) is 0 Å². The molecule has 3 atom stereocenters. The predicted molar refractivity (Wildman–Crippen MR) is 132 cm³/mol. The maximum atomic E-state index is 13.0. The number of carbonyl (C=O) groups is 1. The van der Waals surface area contributed by atoms with Gasteiger partial charge in [0.1, 0.15) is 6.10 Å². The summed E-state index contributed by atoms with van der Waals surface area (Å²) in [7, 11) is 4.00. The number of carbonyl (C=O) groups excluding carboxylic acids is 1. The average molecular weight is 453 g/mol. The zero-order chi connectivity index (χ0) is 23.6. The number of hydrogen-bond donors (Lipinski definition) is 1. The topological polar surface area (TPSA) is 53.0 Å². The number of hydroxylamine groups is 2. The van der Waals surface area contributed by atoms with E-state index in [-0.39, 0.29) is 24.2 Å². The molecular weight excluding hydrogens is 412 g/mol. The second-order valence-electron chi connectivity index (χ2n) is 9.61. The summed E-state index contributed by atoms with van der Waals surface area (Å²) in [5.74, 6) is 0.206. The Bertz CT molecular complexity index is 822. The van der Waals surface area contributed by atoms with Crippen LogP contribution in [0.5, 0.6) is 0 Å². The van der Waals surface area contributed by atoms with Crippen molar-refractivity contribution in [3.8, 4) is 0 Å². The summed E-state index contributed by atoms with van der Waals surface area (Å²) in [4.78, 5) is 15.1. The first-order valence-corrected chi connectivity index (χ1v) is 12.4. The van der Waals surface area contributed by atoms with Crippen molar-refractivity contribution in [2.45, 2.75) is 76.6 Å².